The predicted octanol–water partition coefficient (Wildman–Crippen LogP) is 6.33. The van der Waals surface area contributed by atoms with E-state index >= 15 is 0 Å². The van der Waals surface area contributed by atoms with Crippen molar-refractivity contribution in [3.05, 3.63) is 67.3 Å². The molecular weight excluding hydrogens is 469 g/mol. The number of nitro benzene ring substituents is 2. The van der Waals surface area contributed by atoms with Crippen LogP contribution in [0.25, 0.3) is 0 Å². The summed E-state index contributed by atoms with van der Waals surface area (Å²) < 4.78 is 119. The molecule has 0 N–H and O–H groups in total. The van der Waals surface area contributed by atoms with Crippen LogP contribution in [0.1, 0.15) is 16.7 Å². The molecule has 2 aromatic carbocycles. The van der Waals surface area contributed by atoms with Crippen molar-refractivity contribution in [2.24, 2.45) is 0 Å². The van der Waals surface area contributed by atoms with Gasteiger partial charge < -0.3 is 4.90 Å². The van der Waals surface area contributed by atoms with Crippen LogP contribution in [0, 0.1) is 20.2 Å². The topological polar surface area (TPSA) is 89.5 Å². The maximum atomic E-state index is 13.5. The standard InChI is InChI=1S/C16H8F9N3O4/c1-26(9-3-7(14(17,18)19)2-8(4-9)15(20,21)22)13-11(16(23,24)25)5-10(27(29)30)6-12(13)28(31)32/h2-6H,1H3. The highest BCUT2D eigenvalue weighted by atomic mass is 19.4. The molecule has 16 heteroatoms. The average Bonchev–Trinajstić information content (AvgIpc) is 2.63. The zero-order chi connectivity index (χ0) is 24.8. The molecule has 0 heterocycles. The third kappa shape index (κ3) is 5.00. The normalized spacial score (nSPS) is 12.6. The monoisotopic (exact) mass is 477 g/mol. The molecule has 0 aliphatic carbocycles. The molecule has 32 heavy (non-hydrogen) atoms. The molecule has 2 rings (SSSR count). The number of hydrogen-bond donors (Lipinski definition) is 0. The highest BCUT2D eigenvalue weighted by Gasteiger charge is 2.42. The van der Waals surface area contributed by atoms with E-state index in [1.54, 1.807) is 0 Å². The Kier molecular flexibility index (Phi) is 6.04. The Morgan fingerprint density at radius 1 is 0.719 bits per heavy atom. The molecule has 0 saturated carbocycles. The van der Waals surface area contributed by atoms with Gasteiger partial charge in [0.05, 0.1) is 32.6 Å². The maximum absolute atomic E-state index is 13.5. The summed E-state index contributed by atoms with van der Waals surface area (Å²) in [6.45, 7) is 0. The van der Waals surface area contributed by atoms with E-state index < -0.39 is 67.8 Å². The Labute approximate surface area is 171 Å². The van der Waals surface area contributed by atoms with Crippen molar-refractivity contribution in [3.63, 3.8) is 0 Å². The zero-order valence-electron chi connectivity index (χ0n) is 15.3. The predicted molar refractivity (Wildman–Crippen MR) is 89.3 cm³/mol. The summed E-state index contributed by atoms with van der Waals surface area (Å²) in [4.78, 5) is 19.4. The van der Waals surface area contributed by atoms with Crippen LogP contribution in [-0.2, 0) is 18.5 Å². The lowest BCUT2D eigenvalue weighted by molar-refractivity contribution is -0.394. The Morgan fingerprint density at radius 2 is 1.19 bits per heavy atom. The molecule has 0 fully saturated rings. The minimum Gasteiger partial charge on any atom is -0.338 e. The fourth-order valence-electron chi connectivity index (χ4n) is 2.68. The summed E-state index contributed by atoms with van der Waals surface area (Å²) >= 11 is 0. The van der Waals surface area contributed by atoms with Crippen LogP contribution in [0.5, 0.6) is 0 Å². The van der Waals surface area contributed by atoms with Gasteiger partial charge in [-0.05, 0) is 18.2 Å². The Balaban J connectivity index is 2.92. The van der Waals surface area contributed by atoms with E-state index in [1.807, 2.05) is 0 Å². The lowest BCUT2D eigenvalue weighted by Crippen LogP contribution is -2.20. The third-order valence-electron chi connectivity index (χ3n) is 4.08. The van der Waals surface area contributed by atoms with Gasteiger partial charge >= 0.3 is 18.5 Å². The average molecular weight is 477 g/mol. The van der Waals surface area contributed by atoms with Crippen molar-refractivity contribution in [1.82, 2.24) is 0 Å². The van der Waals surface area contributed by atoms with Crippen molar-refractivity contribution in [2.75, 3.05) is 11.9 Å². The summed E-state index contributed by atoms with van der Waals surface area (Å²) in [6.07, 6.45) is -16.2. The van der Waals surface area contributed by atoms with Crippen LogP contribution < -0.4 is 4.90 Å². The molecule has 0 saturated heterocycles. The van der Waals surface area contributed by atoms with Gasteiger partial charge in [-0.3, -0.25) is 20.2 Å². The molecule has 0 spiro atoms. The molecule has 174 valence electrons. The van der Waals surface area contributed by atoms with Crippen LogP contribution in [0.4, 0.5) is 62.3 Å². The van der Waals surface area contributed by atoms with Gasteiger partial charge in [-0.25, -0.2) is 0 Å². The molecule has 7 nitrogen and oxygen atoms in total. The van der Waals surface area contributed by atoms with Gasteiger partial charge in [0.1, 0.15) is 5.69 Å². The highest BCUT2D eigenvalue weighted by molar-refractivity contribution is 5.78. The molecular formula is C16H8F9N3O4. The SMILES string of the molecule is CN(c1cc(C(F)(F)F)cc(C(F)(F)F)c1)c1c([N+](=O)[O-])cc([N+](=O)[O-])cc1C(F)(F)F. The molecule has 0 aliphatic heterocycles. The second-order valence-electron chi connectivity index (χ2n) is 6.20. The summed E-state index contributed by atoms with van der Waals surface area (Å²) in [5.41, 5.74) is -11.3. The first kappa shape index (κ1) is 24.7. The maximum Gasteiger partial charge on any atom is 0.418 e. The summed E-state index contributed by atoms with van der Waals surface area (Å²) in [5, 5.41) is 22.2. The number of halogens is 9. The first-order valence-corrected chi connectivity index (χ1v) is 7.91. The van der Waals surface area contributed by atoms with Crippen molar-refractivity contribution in [1.29, 1.82) is 0 Å². The number of alkyl halides is 9. The number of hydrogen-bond acceptors (Lipinski definition) is 5. The first-order chi connectivity index (χ1) is 14.3. The Morgan fingerprint density at radius 3 is 1.53 bits per heavy atom. The number of nitro groups is 2. The Hall–Kier alpha value is -3.59. The summed E-state index contributed by atoms with van der Waals surface area (Å²) in [7, 11) is 0.555. The van der Waals surface area contributed by atoms with Crippen molar-refractivity contribution in [2.45, 2.75) is 18.5 Å². The number of benzene rings is 2. The molecule has 0 atom stereocenters. The summed E-state index contributed by atoms with van der Waals surface area (Å²) in [5.74, 6) is 0. The molecule has 0 bridgehead atoms. The summed E-state index contributed by atoms with van der Waals surface area (Å²) in [6, 6.07) is -0.177. The Bertz CT molecular complexity index is 1050. The third-order valence-corrected chi connectivity index (χ3v) is 4.08. The fraction of sp³-hybridized carbons (Fsp3) is 0.250. The van der Waals surface area contributed by atoms with Gasteiger partial charge in [0.15, 0.2) is 0 Å². The van der Waals surface area contributed by atoms with E-state index in [0.29, 0.717) is 7.05 Å². The van der Waals surface area contributed by atoms with Crippen LogP contribution >= 0.6 is 0 Å². The smallest absolute Gasteiger partial charge is 0.338 e. The van der Waals surface area contributed by atoms with Crippen molar-refractivity contribution >= 4 is 22.7 Å². The molecule has 0 unspecified atom stereocenters. The first-order valence-electron chi connectivity index (χ1n) is 7.91. The second kappa shape index (κ2) is 7.83. The van der Waals surface area contributed by atoms with Gasteiger partial charge in [0.25, 0.3) is 11.4 Å². The van der Waals surface area contributed by atoms with Crippen LogP contribution in [-0.4, -0.2) is 16.9 Å². The number of nitrogens with zero attached hydrogens (tertiary/aromatic N) is 3. The van der Waals surface area contributed by atoms with Gasteiger partial charge in [-0.1, -0.05) is 0 Å². The highest BCUT2D eigenvalue weighted by Crippen LogP contribution is 2.47. The van der Waals surface area contributed by atoms with E-state index in [-0.39, 0.29) is 35.2 Å². The molecule has 0 amide bonds. The number of rotatable bonds is 4. The van der Waals surface area contributed by atoms with E-state index in [1.165, 1.54) is 0 Å². The number of non-ortho nitro benzene ring substituents is 1. The second-order valence-corrected chi connectivity index (χ2v) is 6.20. The quantitative estimate of drug-likeness (QED) is 0.292. The lowest BCUT2D eigenvalue weighted by Gasteiger charge is -2.25. The van der Waals surface area contributed by atoms with E-state index in [9.17, 15) is 59.7 Å². The minimum absolute atomic E-state index is 0.0561. The molecule has 0 radical (unpaired) electrons. The molecule has 0 aliphatic rings. The molecule has 2 aromatic rings. The largest absolute Gasteiger partial charge is 0.418 e. The van der Waals surface area contributed by atoms with Crippen LogP contribution in [0.15, 0.2) is 30.3 Å². The van der Waals surface area contributed by atoms with Gasteiger partial charge in [-0.15, -0.1) is 0 Å². The van der Waals surface area contributed by atoms with E-state index in [2.05, 4.69) is 0 Å². The van der Waals surface area contributed by atoms with Crippen LogP contribution in [0.2, 0.25) is 0 Å². The van der Waals surface area contributed by atoms with Gasteiger partial charge in [0, 0.05) is 18.8 Å². The van der Waals surface area contributed by atoms with Crippen molar-refractivity contribution < 1.29 is 49.4 Å². The van der Waals surface area contributed by atoms with Crippen LogP contribution in [0.3, 0.4) is 0 Å². The zero-order valence-corrected chi connectivity index (χ0v) is 15.3. The van der Waals surface area contributed by atoms with E-state index in [0.717, 1.165) is 0 Å². The fourth-order valence-corrected chi connectivity index (χ4v) is 2.68. The molecule has 0 aromatic heterocycles. The van der Waals surface area contributed by atoms with Gasteiger partial charge in [0.2, 0.25) is 0 Å². The van der Waals surface area contributed by atoms with Gasteiger partial charge in [-0.2, -0.15) is 39.5 Å². The number of anilines is 2. The minimum atomic E-state index is -5.49. The lowest BCUT2D eigenvalue weighted by atomic mass is 10.0. The van der Waals surface area contributed by atoms with E-state index in [4.69, 9.17) is 0 Å². The van der Waals surface area contributed by atoms with Crippen molar-refractivity contribution in [3.8, 4) is 0 Å².